The lowest BCUT2D eigenvalue weighted by molar-refractivity contribution is -0.130. The van der Waals surface area contributed by atoms with Gasteiger partial charge in [-0.2, -0.15) is 5.26 Å². The molecule has 1 aliphatic rings. The van der Waals surface area contributed by atoms with Gasteiger partial charge in [0.25, 0.3) is 0 Å². The first-order valence-corrected chi connectivity index (χ1v) is 10.6. The number of hydrogen-bond donors (Lipinski definition) is 2. The smallest absolute Gasteiger partial charge is 0.237 e. The van der Waals surface area contributed by atoms with E-state index < -0.39 is 0 Å². The summed E-state index contributed by atoms with van der Waals surface area (Å²) in [5, 5.41) is 12.6. The first kappa shape index (κ1) is 21.8. The summed E-state index contributed by atoms with van der Waals surface area (Å²) in [4.78, 5) is 22.4. The molecule has 0 bridgehead atoms. The van der Waals surface area contributed by atoms with E-state index in [4.69, 9.17) is 9.72 Å². The number of benzene rings is 1. The zero-order valence-electron chi connectivity index (χ0n) is 18.3. The van der Waals surface area contributed by atoms with Crippen molar-refractivity contribution >= 4 is 5.91 Å². The Hall–Kier alpha value is -2.85. The van der Waals surface area contributed by atoms with E-state index in [-0.39, 0.29) is 24.0 Å². The molecule has 0 saturated carbocycles. The molecule has 0 aliphatic carbocycles. The maximum Gasteiger partial charge on any atom is 0.237 e. The minimum absolute atomic E-state index is 0.0145. The number of ether oxygens (including phenoxy) is 1. The number of nitrogens with zero attached hydrogens (tertiary/aromatic N) is 3. The number of imidazole rings is 1. The highest BCUT2D eigenvalue weighted by molar-refractivity contribution is 5.79. The number of nitrogens with one attached hydrogen (secondary N) is 2. The molecule has 7 nitrogen and oxygen atoms in total. The lowest BCUT2D eigenvalue weighted by Gasteiger charge is -2.28. The minimum Gasteiger partial charge on any atom is -0.494 e. The summed E-state index contributed by atoms with van der Waals surface area (Å²) < 4.78 is 5.59. The molecule has 2 N–H and O–H groups in total. The first-order chi connectivity index (χ1) is 14.3. The van der Waals surface area contributed by atoms with Crippen LogP contribution in [0, 0.1) is 18.3 Å². The Morgan fingerprint density at radius 3 is 3.00 bits per heavy atom. The molecule has 1 amide bonds. The maximum absolute atomic E-state index is 12.5. The van der Waals surface area contributed by atoms with E-state index >= 15 is 0 Å². The van der Waals surface area contributed by atoms with Gasteiger partial charge in [-0.25, -0.2) is 4.98 Å². The summed E-state index contributed by atoms with van der Waals surface area (Å²) in [6.07, 6.45) is 2.34. The van der Waals surface area contributed by atoms with Crippen molar-refractivity contribution in [2.45, 2.75) is 58.5 Å². The lowest BCUT2D eigenvalue weighted by Crippen LogP contribution is -2.48. The number of nitriles is 1. The van der Waals surface area contributed by atoms with Crippen molar-refractivity contribution in [1.82, 2.24) is 20.2 Å². The molecule has 2 heterocycles. The van der Waals surface area contributed by atoms with E-state index in [0.717, 1.165) is 41.4 Å². The molecule has 1 unspecified atom stereocenters. The number of carbonyl (C=O) groups excluding carboxylic acids is 1. The van der Waals surface area contributed by atoms with Crippen molar-refractivity contribution in [1.29, 1.82) is 5.26 Å². The predicted molar refractivity (Wildman–Crippen MR) is 116 cm³/mol. The third-order valence-corrected chi connectivity index (χ3v) is 5.45. The van der Waals surface area contributed by atoms with Gasteiger partial charge in [-0.3, -0.25) is 4.79 Å². The average Bonchev–Trinajstić information content (AvgIpc) is 3.33. The highest BCUT2D eigenvalue weighted by atomic mass is 16.5. The maximum atomic E-state index is 12.5. The van der Waals surface area contributed by atoms with Gasteiger partial charge in [0.15, 0.2) is 0 Å². The third kappa shape index (κ3) is 5.19. The molecule has 30 heavy (non-hydrogen) atoms. The molecule has 1 fully saturated rings. The molecule has 3 rings (SSSR count). The zero-order chi connectivity index (χ0) is 21.7. The van der Waals surface area contributed by atoms with Gasteiger partial charge in [-0.05, 0) is 52.7 Å². The fraction of sp³-hybridized carbons (Fsp3) is 0.522. The van der Waals surface area contributed by atoms with E-state index in [0.29, 0.717) is 19.6 Å². The number of likely N-dealkylation sites (tertiary alicyclic amines) is 1. The highest BCUT2D eigenvalue weighted by Gasteiger charge is 2.30. The first-order valence-electron chi connectivity index (χ1n) is 10.6. The van der Waals surface area contributed by atoms with Crippen LogP contribution >= 0.6 is 0 Å². The summed E-state index contributed by atoms with van der Waals surface area (Å²) in [5.74, 6) is 1.62. The quantitative estimate of drug-likeness (QED) is 0.698. The molecular formula is C23H31N5O2. The van der Waals surface area contributed by atoms with Gasteiger partial charge in [0.1, 0.15) is 17.6 Å². The van der Waals surface area contributed by atoms with Crippen LogP contribution in [-0.4, -0.2) is 52.1 Å². The number of amides is 1. The largest absolute Gasteiger partial charge is 0.494 e. The second-order valence-electron chi connectivity index (χ2n) is 8.41. The van der Waals surface area contributed by atoms with E-state index in [9.17, 15) is 10.1 Å². The summed E-state index contributed by atoms with van der Waals surface area (Å²) >= 11 is 0. The highest BCUT2D eigenvalue weighted by Crippen LogP contribution is 2.24. The fourth-order valence-corrected chi connectivity index (χ4v) is 3.80. The Balaban J connectivity index is 1.64. The number of hydrogen-bond acceptors (Lipinski definition) is 5. The number of aryl methyl sites for hydroxylation is 1. The van der Waals surface area contributed by atoms with Gasteiger partial charge in [0, 0.05) is 29.8 Å². The Bertz CT molecular complexity index is 928. The van der Waals surface area contributed by atoms with E-state index in [1.165, 1.54) is 0 Å². The van der Waals surface area contributed by atoms with Crippen LogP contribution in [0.15, 0.2) is 24.3 Å². The fourth-order valence-electron chi connectivity index (χ4n) is 3.80. The molecule has 1 saturated heterocycles. The Morgan fingerprint density at radius 1 is 1.47 bits per heavy atom. The number of rotatable bonds is 8. The SMILES string of the molecule is CCOc1cccc(-c2nc(CC(C)(C)NCC(=O)N3CCCC3C#N)c(C)[nH]2)c1. The van der Waals surface area contributed by atoms with Crippen LogP contribution in [0.5, 0.6) is 5.75 Å². The summed E-state index contributed by atoms with van der Waals surface area (Å²) in [6, 6.07) is 9.82. The molecule has 0 radical (unpaired) electrons. The molecule has 1 atom stereocenters. The number of carbonyl (C=O) groups is 1. The molecule has 7 heteroatoms. The number of H-pyrrole nitrogens is 1. The van der Waals surface area contributed by atoms with Gasteiger partial charge < -0.3 is 19.9 Å². The van der Waals surface area contributed by atoms with Crippen LogP contribution in [0.2, 0.25) is 0 Å². The van der Waals surface area contributed by atoms with Crippen LogP contribution < -0.4 is 10.1 Å². The second-order valence-corrected chi connectivity index (χ2v) is 8.41. The molecule has 1 aliphatic heterocycles. The van der Waals surface area contributed by atoms with Crippen molar-refractivity contribution in [3.8, 4) is 23.2 Å². The van der Waals surface area contributed by atoms with Crippen LogP contribution in [-0.2, 0) is 11.2 Å². The average molecular weight is 410 g/mol. The summed E-state index contributed by atoms with van der Waals surface area (Å²) in [7, 11) is 0. The summed E-state index contributed by atoms with van der Waals surface area (Å²) in [5.41, 5.74) is 2.64. The van der Waals surface area contributed by atoms with Gasteiger partial charge >= 0.3 is 0 Å². The van der Waals surface area contributed by atoms with Crippen LogP contribution in [0.3, 0.4) is 0 Å². The van der Waals surface area contributed by atoms with Gasteiger partial charge in [-0.15, -0.1) is 0 Å². The Morgan fingerprint density at radius 2 is 2.27 bits per heavy atom. The van der Waals surface area contributed by atoms with Gasteiger partial charge in [-0.1, -0.05) is 12.1 Å². The molecule has 1 aromatic heterocycles. The molecule has 2 aromatic rings. The molecule has 160 valence electrons. The van der Waals surface area contributed by atoms with Crippen molar-refractivity contribution < 1.29 is 9.53 Å². The second kappa shape index (κ2) is 9.31. The van der Waals surface area contributed by atoms with Crippen molar-refractivity contribution in [2.24, 2.45) is 0 Å². The minimum atomic E-state index is -0.318. The van der Waals surface area contributed by atoms with Gasteiger partial charge in [0.05, 0.1) is 24.9 Å². The van der Waals surface area contributed by atoms with E-state index in [1.54, 1.807) is 4.90 Å². The molecular weight excluding hydrogens is 378 g/mol. The van der Waals surface area contributed by atoms with E-state index in [2.05, 4.69) is 30.2 Å². The van der Waals surface area contributed by atoms with Gasteiger partial charge in [0.2, 0.25) is 5.91 Å². The van der Waals surface area contributed by atoms with Crippen molar-refractivity contribution in [3.63, 3.8) is 0 Å². The molecule has 0 spiro atoms. The van der Waals surface area contributed by atoms with Crippen molar-refractivity contribution in [3.05, 3.63) is 35.7 Å². The Labute approximate surface area is 178 Å². The van der Waals surface area contributed by atoms with Crippen LogP contribution in [0.1, 0.15) is 45.0 Å². The zero-order valence-corrected chi connectivity index (χ0v) is 18.3. The van der Waals surface area contributed by atoms with Crippen LogP contribution in [0.25, 0.3) is 11.4 Å². The summed E-state index contributed by atoms with van der Waals surface area (Å²) in [6.45, 7) is 9.62. The van der Waals surface area contributed by atoms with E-state index in [1.807, 2.05) is 38.1 Å². The lowest BCUT2D eigenvalue weighted by atomic mass is 9.97. The predicted octanol–water partition coefficient (Wildman–Crippen LogP) is 3.21. The standard InChI is InChI=1S/C23H31N5O2/c1-5-30-19-10-6-8-17(12-19)22-26-16(2)20(27-22)13-23(3,4)25-15-21(29)28-11-7-9-18(28)14-24/h6,8,10,12,18,25H,5,7,9,11,13,15H2,1-4H3,(H,26,27). The monoisotopic (exact) mass is 409 g/mol. The molecule has 1 aromatic carbocycles. The third-order valence-electron chi connectivity index (χ3n) is 5.45. The number of aromatic nitrogens is 2. The van der Waals surface area contributed by atoms with Crippen molar-refractivity contribution in [2.75, 3.05) is 19.7 Å². The van der Waals surface area contributed by atoms with Crippen LogP contribution in [0.4, 0.5) is 0 Å². The topological polar surface area (TPSA) is 94.0 Å². The normalized spacial score (nSPS) is 16.5. The number of aromatic amines is 1. The Kier molecular flexibility index (Phi) is 6.78.